The van der Waals surface area contributed by atoms with Gasteiger partial charge in [-0.25, -0.2) is 0 Å². The van der Waals surface area contributed by atoms with Crippen LogP contribution in [0.5, 0.6) is 17.2 Å². The lowest BCUT2D eigenvalue weighted by atomic mass is 10.2. The standard InChI is InChI=1S/C21H23BrN2O4S/c1-4-25-17-11-15(12-18(26-5-2)19(17)27-6-3)20-23-24-21(28-20)29-13-14-7-9-16(22)10-8-14/h7-12H,4-6,13H2,1-3H3. The fraction of sp³-hybridized carbons (Fsp3) is 0.333. The maximum Gasteiger partial charge on any atom is 0.277 e. The maximum atomic E-state index is 5.86. The molecule has 0 saturated heterocycles. The highest BCUT2D eigenvalue weighted by Crippen LogP contribution is 2.42. The van der Waals surface area contributed by atoms with Gasteiger partial charge in [-0.05, 0) is 50.6 Å². The Morgan fingerprint density at radius 2 is 1.52 bits per heavy atom. The number of thioether (sulfide) groups is 1. The van der Waals surface area contributed by atoms with Gasteiger partial charge in [0.05, 0.1) is 19.8 Å². The lowest BCUT2D eigenvalue weighted by Gasteiger charge is -2.16. The van der Waals surface area contributed by atoms with Crippen LogP contribution < -0.4 is 14.2 Å². The van der Waals surface area contributed by atoms with Gasteiger partial charge < -0.3 is 18.6 Å². The molecule has 3 rings (SSSR count). The van der Waals surface area contributed by atoms with Gasteiger partial charge in [-0.15, -0.1) is 10.2 Å². The average molecular weight is 479 g/mol. The minimum atomic E-state index is 0.410. The van der Waals surface area contributed by atoms with Gasteiger partial charge in [-0.3, -0.25) is 0 Å². The van der Waals surface area contributed by atoms with Crippen molar-refractivity contribution in [2.45, 2.75) is 31.7 Å². The lowest BCUT2D eigenvalue weighted by molar-refractivity contribution is 0.261. The summed E-state index contributed by atoms with van der Waals surface area (Å²) in [5.41, 5.74) is 1.90. The van der Waals surface area contributed by atoms with Crippen molar-refractivity contribution in [2.24, 2.45) is 0 Å². The molecule has 0 radical (unpaired) electrons. The van der Waals surface area contributed by atoms with Gasteiger partial charge in [0, 0.05) is 15.8 Å². The minimum Gasteiger partial charge on any atom is -0.490 e. The van der Waals surface area contributed by atoms with Gasteiger partial charge in [0.2, 0.25) is 11.6 Å². The van der Waals surface area contributed by atoms with Gasteiger partial charge in [0.1, 0.15) is 0 Å². The quantitative estimate of drug-likeness (QED) is 0.331. The first kappa shape index (κ1) is 21.5. The Labute approximate surface area is 183 Å². The van der Waals surface area contributed by atoms with Crippen LogP contribution in [0.3, 0.4) is 0 Å². The molecule has 0 aliphatic rings. The van der Waals surface area contributed by atoms with Gasteiger partial charge in [0.25, 0.3) is 5.22 Å². The fourth-order valence-electron chi connectivity index (χ4n) is 2.62. The molecule has 0 fully saturated rings. The van der Waals surface area contributed by atoms with Crippen LogP contribution >= 0.6 is 27.7 Å². The molecule has 0 amide bonds. The summed E-state index contributed by atoms with van der Waals surface area (Å²) in [5.74, 6) is 2.93. The molecule has 29 heavy (non-hydrogen) atoms. The minimum absolute atomic E-state index is 0.410. The number of benzene rings is 2. The van der Waals surface area contributed by atoms with Crippen molar-refractivity contribution in [3.8, 4) is 28.7 Å². The predicted octanol–water partition coefficient (Wildman–Crippen LogP) is 5.99. The third kappa shape index (κ3) is 5.67. The molecule has 0 aliphatic heterocycles. The zero-order chi connectivity index (χ0) is 20.6. The van der Waals surface area contributed by atoms with E-state index in [-0.39, 0.29) is 0 Å². The Morgan fingerprint density at radius 1 is 0.897 bits per heavy atom. The van der Waals surface area contributed by atoms with E-state index >= 15 is 0 Å². The molecule has 0 atom stereocenters. The van der Waals surface area contributed by atoms with E-state index in [4.69, 9.17) is 18.6 Å². The van der Waals surface area contributed by atoms with Crippen LogP contribution in [0.1, 0.15) is 26.3 Å². The Morgan fingerprint density at radius 3 is 2.10 bits per heavy atom. The number of aromatic nitrogens is 2. The molecule has 0 N–H and O–H groups in total. The highest BCUT2D eigenvalue weighted by Gasteiger charge is 2.19. The topological polar surface area (TPSA) is 66.6 Å². The summed E-state index contributed by atoms with van der Waals surface area (Å²) < 4.78 is 24.2. The van der Waals surface area contributed by atoms with Gasteiger partial charge in [-0.2, -0.15) is 0 Å². The average Bonchev–Trinajstić information content (AvgIpc) is 3.19. The predicted molar refractivity (Wildman–Crippen MR) is 117 cm³/mol. The van der Waals surface area contributed by atoms with Crippen LogP contribution in [0, 0.1) is 0 Å². The second-order valence-corrected chi connectivity index (χ2v) is 7.73. The number of hydrogen-bond acceptors (Lipinski definition) is 7. The van der Waals surface area contributed by atoms with Gasteiger partial charge >= 0.3 is 0 Å². The largest absolute Gasteiger partial charge is 0.490 e. The van der Waals surface area contributed by atoms with Gasteiger partial charge in [-0.1, -0.05) is 39.8 Å². The third-order valence-electron chi connectivity index (χ3n) is 3.84. The van der Waals surface area contributed by atoms with E-state index in [0.29, 0.717) is 48.2 Å². The Bertz CT molecular complexity index is 904. The molecule has 0 unspecified atom stereocenters. The molecule has 0 spiro atoms. The molecule has 2 aromatic carbocycles. The monoisotopic (exact) mass is 478 g/mol. The number of rotatable bonds is 10. The lowest BCUT2D eigenvalue weighted by Crippen LogP contribution is -2.03. The van der Waals surface area contributed by atoms with Crippen LogP contribution in [-0.4, -0.2) is 30.0 Å². The molecular formula is C21H23BrN2O4S. The molecule has 8 heteroatoms. The van der Waals surface area contributed by atoms with Crippen LogP contribution in [0.4, 0.5) is 0 Å². The first-order valence-electron chi connectivity index (χ1n) is 9.42. The summed E-state index contributed by atoms with van der Waals surface area (Å²) >= 11 is 4.93. The molecule has 1 heterocycles. The molecule has 0 bridgehead atoms. The van der Waals surface area contributed by atoms with Crippen molar-refractivity contribution in [3.63, 3.8) is 0 Å². The van der Waals surface area contributed by atoms with Crippen LogP contribution in [-0.2, 0) is 5.75 Å². The zero-order valence-electron chi connectivity index (χ0n) is 16.6. The van der Waals surface area contributed by atoms with E-state index in [1.807, 2.05) is 45.0 Å². The molecule has 3 aromatic rings. The fourth-order valence-corrected chi connectivity index (χ4v) is 3.61. The molecule has 6 nitrogen and oxygen atoms in total. The van der Waals surface area contributed by atoms with Crippen molar-refractivity contribution in [1.29, 1.82) is 0 Å². The number of ether oxygens (including phenoxy) is 3. The summed E-state index contributed by atoms with van der Waals surface area (Å²) in [6.45, 7) is 7.29. The van der Waals surface area contributed by atoms with Crippen LogP contribution in [0.25, 0.3) is 11.5 Å². The van der Waals surface area contributed by atoms with Crippen molar-refractivity contribution >= 4 is 27.7 Å². The summed E-state index contributed by atoms with van der Waals surface area (Å²) in [7, 11) is 0. The smallest absolute Gasteiger partial charge is 0.277 e. The first-order chi connectivity index (χ1) is 14.1. The third-order valence-corrected chi connectivity index (χ3v) is 5.26. The summed E-state index contributed by atoms with van der Waals surface area (Å²) in [5, 5.41) is 8.86. The number of hydrogen-bond donors (Lipinski definition) is 0. The molecular weight excluding hydrogens is 456 g/mol. The summed E-state index contributed by atoms with van der Waals surface area (Å²) in [6.07, 6.45) is 0. The SMILES string of the molecule is CCOc1cc(-c2nnc(SCc3ccc(Br)cc3)o2)cc(OCC)c1OCC. The first-order valence-corrected chi connectivity index (χ1v) is 11.2. The second-order valence-electron chi connectivity index (χ2n) is 5.89. The van der Waals surface area contributed by atoms with Crippen LogP contribution in [0.15, 0.2) is 50.5 Å². The molecule has 1 aromatic heterocycles. The molecule has 0 aliphatic carbocycles. The number of nitrogens with zero attached hydrogens (tertiary/aromatic N) is 2. The van der Waals surface area contributed by atoms with E-state index in [1.54, 1.807) is 0 Å². The van der Waals surface area contributed by atoms with E-state index in [9.17, 15) is 0 Å². The number of halogens is 1. The van der Waals surface area contributed by atoms with Crippen LogP contribution in [0.2, 0.25) is 0 Å². The van der Waals surface area contributed by atoms with E-state index in [2.05, 4.69) is 38.3 Å². The van der Waals surface area contributed by atoms with E-state index in [0.717, 1.165) is 15.8 Å². The Hall–Kier alpha value is -2.19. The van der Waals surface area contributed by atoms with E-state index in [1.165, 1.54) is 17.3 Å². The maximum absolute atomic E-state index is 5.86. The van der Waals surface area contributed by atoms with Crippen molar-refractivity contribution < 1.29 is 18.6 Å². The Balaban J connectivity index is 1.83. The Kier molecular flexibility index (Phi) is 7.83. The zero-order valence-corrected chi connectivity index (χ0v) is 19.0. The van der Waals surface area contributed by atoms with Crippen molar-refractivity contribution in [2.75, 3.05) is 19.8 Å². The highest BCUT2D eigenvalue weighted by atomic mass is 79.9. The second kappa shape index (κ2) is 10.5. The molecule has 154 valence electrons. The normalized spacial score (nSPS) is 10.8. The van der Waals surface area contributed by atoms with E-state index < -0.39 is 0 Å². The van der Waals surface area contributed by atoms with Crippen molar-refractivity contribution in [3.05, 3.63) is 46.4 Å². The van der Waals surface area contributed by atoms with Crippen molar-refractivity contribution in [1.82, 2.24) is 10.2 Å². The molecule has 0 saturated carbocycles. The van der Waals surface area contributed by atoms with Gasteiger partial charge in [0.15, 0.2) is 11.5 Å². The highest BCUT2D eigenvalue weighted by molar-refractivity contribution is 9.10. The summed E-state index contributed by atoms with van der Waals surface area (Å²) in [6, 6.07) is 11.8. The summed E-state index contributed by atoms with van der Waals surface area (Å²) in [4.78, 5) is 0.